The number of aryl methyl sites for hydroxylation is 2. The number of hydrogen-bond acceptors (Lipinski definition) is 5. The van der Waals surface area contributed by atoms with E-state index in [4.69, 9.17) is 4.74 Å². The van der Waals surface area contributed by atoms with E-state index in [1.807, 2.05) is 39.2 Å². The second-order valence-corrected chi connectivity index (χ2v) is 9.37. The molecular weight excluding hydrogens is 388 g/mol. The third-order valence-electron chi connectivity index (χ3n) is 5.46. The normalized spacial score (nSPS) is 17.4. The molecule has 3 rings (SSSR count). The van der Waals surface area contributed by atoms with Crippen LogP contribution in [0.2, 0.25) is 0 Å². The molecule has 1 aliphatic heterocycles. The maximum atomic E-state index is 13.1. The first-order chi connectivity index (χ1) is 13.8. The van der Waals surface area contributed by atoms with Gasteiger partial charge in [-0.25, -0.2) is 13.1 Å². The Balaban J connectivity index is 1.84. The minimum absolute atomic E-state index is 0.0289. The lowest BCUT2D eigenvalue weighted by atomic mass is 10.1. The number of sulfonamides is 1. The highest BCUT2D eigenvalue weighted by atomic mass is 32.2. The van der Waals surface area contributed by atoms with Crippen molar-refractivity contribution in [2.75, 3.05) is 46.4 Å². The second-order valence-electron chi connectivity index (χ2n) is 7.63. The molecule has 8 heteroatoms. The fourth-order valence-electron chi connectivity index (χ4n) is 3.74. The number of nitrogens with zero attached hydrogens (tertiary/aromatic N) is 3. The van der Waals surface area contributed by atoms with Crippen LogP contribution >= 0.6 is 0 Å². The number of likely N-dealkylation sites (N-methyl/N-ethyl adjacent to an activating group) is 1. The summed E-state index contributed by atoms with van der Waals surface area (Å²) >= 11 is 0. The Labute approximate surface area is 174 Å². The van der Waals surface area contributed by atoms with Gasteiger partial charge in [-0.1, -0.05) is 6.07 Å². The number of nitrogens with one attached hydrogen (secondary N) is 1. The van der Waals surface area contributed by atoms with Crippen LogP contribution in [0.4, 0.5) is 0 Å². The lowest BCUT2D eigenvalue weighted by Crippen LogP contribution is -2.48. The number of benzene rings is 1. The van der Waals surface area contributed by atoms with Gasteiger partial charge in [0.2, 0.25) is 10.0 Å². The molecule has 0 radical (unpaired) electrons. The van der Waals surface area contributed by atoms with Gasteiger partial charge in [-0.05, 0) is 50.7 Å². The van der Waals surface area contributed by atoms with Crippen LogP contribution in [0.3, 0.4) is 0 Å². The van der Waals surface area contributed by atoms with Gasteiger partial charge in [-0.2, -0.15) is 0 Å². The Morgan fingerprint density at radius 1 is 1.14 bits per heavy atom. The molecule has 0 spiro atoms. The smallest absolute Gasteiger partial charge is 0.244 e. The Morgan fingerprint density at radius 2 is 1.86 bits per heavy atom. The maximum absolute atomic E-state index is 13.1. The molecule has 1 fully saturated rings. The van der Waals surface area contributed by atoms with Gasteiger partial charge in [0.25, 0.3) is 0 Å². The van der Waals surface area contributed by atoms with Gasteiger partial charge in [-0.15, -0.1) is 0 Å². The van der Waals surface area contributed by atoms with Crippen LogP contribution in [0.5, 0.6) is 5.75 Å². The average molecular weight is 421 g/mol. The van der Waals surface area contributed by atoms with E-state index >= 15 is 0 Å². The SMILES string of the molecule is CCOc1ccc(C)cc1S(=O)(=O)NCC(c1cccn1C)N1CCN(C)CC1. The number of hydrogen-bond donors (Lipinski definition) is 1. The first kappa shape index (κ1) is 21.8. The zero-order valence-corrected chi connectivity index (χ0v) is 18.6. The molecule has 29 heavy (non-hydrogen) atoms. The summed E-state index contributed by atoms with van der Waals surface area (Å²) < 4.78 is 36.8. The fourth-order valence-corrected chi connectivity index (χ4v) is 5.01. The van der Waals surface area contributed by atoms with Crippen molar-refractivity contribution in [3.8, 4) is 5.75 Å². The third-order valence-corrected chi connectivity index (χ3v) is 6.90. The van der Waals surface area contributed by atoms with E-state index in [-0.39, 0.29) is 10.9 Å². The molecule has 0 aliphatic carbocycles. The predicted molar refractivity (Wildman–Crippen MR) is 115 cm³/mol. The zero-order valence-electron chi connectivity index (χ0n) is 17.8. The van der Waals surface area contributed by atoms with E-state index in [1.165, 1.54) is 0 Å². The van der Waals surface area contributed by atoms with Crippen molar-refractivity contribution in [2.24, 2.45) is 7.05 Å². The fraction of sp³-hybridized carbons (Fsp3) is 0.524. The summed E-state index contributed by atoms with van der Waals surface area (Å²) in [6.45, 7) is 8.21. The molecule has 1 N–H and O–H groups in total. The number of rotatable bonds is 8. The van der Waals surface area contributed by atoms with E-state index in [0.717, 1.165) is 37.4 Å². The lowest BCUT2D eigenvalue weighted by Gasteiger charge is -2.38. The van der Waals surface area contributed by atoms with Gasteiger partial charge in [-0.3, -0.25) is 4.90 Å². The van der Waals surface area contributed by atoms with Gasteiger partial charge in [0.05, 0.1) is 12.6 Å². The van der Waals surface area contributed by atoms with Crippen LogP contribution in [-0.2, 0) is 17.1 Å². The summed E-state index contributed by atoms with van der Waals surface area (Å²) in [4.78, 5) is 4.85. The second kappa shape index (κ2) is 9.30. The molecule has 1 aromatic carbocycles. The Bertz CT molecular complexity index is 918. The van der Waals surface area contributed by atoms with Crippen molar-refractivity contribution in [1.29, 1.82) is 0 Å². The monoisotopic (exact) mass is 420 g/mol. The molecule has 0 bridgehead atoms. The van der Waals surface area contributed by atoms with E-state index in [1.54, 1.807) is 12.1 Å². The molecule has 1 aromatic heterocycles. The quantitative estimate of drug-likeness (QED) is 0.708. The largest absolute Gasteiger partial charge is 0.492 e. The van der Waals surface area contributed by atoms with Crippen LogP contribution in [0, 0.1) is 6.92 Å². The number of aromatic nitrogens is 1. The van der Waals surface area contributed by atoms with Crippen LogP contribution in [0.25, 0.3) is 0 Å². The van der Waals surface area contributed by atoms with Crippen molar-refractivity contribution >= 4 is 10.0 Å². The Hall–Kier alpha value is -1.87. The Kier molecular flexibility index (Phi) is 7.00. The van der Waals surface area contributed by atoms with E-state index in [0.29, 0.717) is 18.9 Å². The maximum Gasteiger partial charge on any atom is 0.244 e. The van der Waals surface area contributed by atoms with Crippen molar-refractivity contribution in [3.63, 3.8) is 0 Å². The first-order valence-electron chi connectivity index (χ1n) is 10.1. The molecule has 1 atom stereocenters. The molecule has 1 saturated heterocycles. The van der Waals surface area contributed by atoms with Gasteiger partial charge in [0.1, 0.15) is 10.6 Å². The molecule has 0 saturated carbocycles. The van der Waals surface area contributed by atoms with E-state index in [9.17, 15) is 8.42 Å². The summed E-state index contributed by atoms with van der Waals surface area (Å²) in [5.41, 5.74) is 1.98. The topological polar surface area (TPSA) is 66.8 Å². The van der Waals surface area contributed by atoms with Crippen LogP contribution in [-0.4, -0.2) is 69.2 Å². The van der Waals surface area contributed by atoms with Gasteiger partial charge in [0, 0.05) is 51.7 Å². The predicted octanol–water partition coefficient (Wildman–Crippen LogP) is 2.00. The van der Waals surface area contributed by atoms with E-state index in [2.05, 4.69) is 32.2 Å². The molecule has 2 heterocycles. The molecule has 7 nitrogen and oxygen atoms in total. The Morgan fingerprint density at radius 3 is 2.48 bits per heavy atom. The van der Waals surface area contributed by atoms with Crippen molar-refractivity contribution < 1.29 is 13.2 Å². The lowest BCUT2D eigenvalue weighted by molar-refractivity contribution is 0.109. The van der Waals surface area contributed by atoms with Gasteiger partial charge >= 0.3 is 0 Å². The standard InChI is InChI=1S/C21H32N4O3S/c1-5-28-20-9-8-17(2)15-21(20)29(26,27)22-16-19(18-7-6-10-24(18)4)25-13-11-23(3)12-14-25/h6-10,15,19,22H,5,11-14,16H2,1-4H3. The number of piperazine rings is 1. The summed E-state index contributed by atoms with van der Waals surface area (Å²) in [5, 5.41) is 0. The summed E-state index contributed by atoms with van der Waals surface area (Å²) in [5.74, 6) is 0.389. The van der Waals surface area contributed by atoms with Gasteiger partial charge in [0.15, 0.2) is 0 Å². The summed E-state index contributed by atoms with van der Waals surface area (Å²) in [6.07, 6.45) is 2.00. The summed E-state index contributed by atoms with van der Waals surface area (Å²) in [7, 11) is 0.411. The molecule has 1 unspecified atom stereocenters. The molecule has 0 amide bonds. The van der Waals surface area contributed by atoms with Crippen molar-refractivity contribution in [2.45, 2.75) is 24.8 Å². The van der Waals surface area contributed by atoms with Crippen molar-refractivity contribution in [1.82, 2.24) is 19.1 Å². The minimum atomic E-state index is -3.71. The van der Waals surface area contributed by atoms with Crippen LogP contribution in [0.15, 0.2) is 41.4 Å². The van der Waals surface area contributed by atoms with Crippen molar-refractivity contribution in [3.05, 3.63) is 47.8 Å². The average Bonchev–Trinajstić information content (AvgIpc) is 3.10. The molecule has 160 valence electrons. The molecular formula is C21H32N4O3S. The van der Waals surface area contributed by atoms with Gasteiger partial charge < -0.3 is 14.2 Å². The highest BCUT2D eigenvalue weighted by Gasteiger charge is 2.28. The minimum Gasteiger partial charge on any atom is -0.492 e. The first-order valence-corrected chi connectivity index (χ1v) is 11.6. The number of ether oxygens (including phenoxy) is 1. The molecule has 1 aliphatic rings. The van der Waals surface area contributed by atoms with E-state index < -0.39 is 10.0 Å². The third kappa shape index (κ3) is 5.19. The molecule has 2 aromatic rings. The highest BCUT2D eigenvalue weighted by Crippen LogP contribution is 2.27. The van der Waals surface area contributed by atoms with Crippen LogP contribution < -0.4 is 9.46 Å². The van der Waals surface area contributed by atoms with Crippen LogP contribution in [0.1, 0.15) is 24.2 Å². The zero-order chi connectivity index (χ0) is 21.0. The summed E-state index contributed by atoms with van der Waals surface area (Å²) in [6, 6.07) is 9.29. The highest BCUT2D eigenvalue weighted by molar-refractivity contribution is 7.89.